The maximum Gasteiger partial charge on any atom is 0.417 e. The second-order valence-electron chi connectivity index (χ2n) is 5.34. The Bertz CT molecular complexity index is 911. The van der Waals surface area contributed by atoms with Crippen molar-refractivity contribution >= 4 is 23.2 Å². The lowest BCUT2D eigenvalue weighted by atomic mass is 10.1. The van der Waals surface area contributed by atoms with Crippen LogP contribution >= 0.6 is 11.6 Å². The number of hydrogen-bond donors (Lipinski definition) is 1. The van der Waals surface area contributed by atoms with Gasteiger partial charge in [0.1, 0.15) is 6.33 Å². The zero-order chi connectivity index (χ0) is 18.7. The Labute approximate surface area is 150 Å². The van der Waals surface area contributed by atoms with Crippen molar-refractivity contribution in [3.05, 3.63) is 64.9 Å². The number of benzene rings is 2. The number of rotatable bonds is 4. The van der Waals surface area contributed by atoms with Crippen LogP contribution in [-0.2, 0) is 17.4 Å². The number of tetrazole rings is 1. The van der Waals surface area contributed by atoms with Crippen LogP contribution in [0.4, 0.5) is 18.9 Å². The number of nitrogens with zero attached hydrogens (tertiary/aromatic N) is 4. The summed E-state index contributed by atoms with van der Waals surface area (Å²) in [7, 11) is 0. The highest BCUT2D eigenvalue weighted by atomic mass is 35.5. The first-order valence-corrected chi connectivity index (χ1v) is 7.69. The Morgan fingerprint density at radius 2 is 1.88 bits per heavy atom. The van der Waals surface area contributed by atoms with Gasteiger partial charge in [0.2, 0.25) is 5.91 Å². The van der Waals surface area contributed by atoms with Crippen molar-refractivity contribution in [2.75, 3.05) is 5.32 Å². The monoisotopic (exact) mass is 381 g/mol. The van der Waals surface area contributed by atoms with Gasteiger partial charge in [-0.15, -0.1) is 5.10 Å². The van der Waals surface area contributed by atoms with Crippen LogP contribution in [0.5, 0.6) is 0 Å². The highest BCUT2D eigenvalue weighted by molar-refractivity contribution is 6.31. The first-order valence-electron chi connectivity index (χ1n) is 7.32. The minimum Gasteiger partial charge on any atom is -0.326 e. The predicted octanol–water partition coefficient (Wildman–Crippen LogP) is 3.52. The minimum atomic E-state index is -4.59. The van der Waals surface area contributed by atoms with Crippen molar-refractivity contribution in [2.45, 2.75) is 12.6 Å². The largest absolute Gasteiger partial charge is 0.417 e. The summed E-state index contributed by atoms with van der Waals surface area (Å²) in [6.07, 6.45) is -3.16. The van der Waals surface area contributed by atoms with Crippen LogP contribution in [0.15, 0.2) is 48.8 Å². The van der Waals surface area contributed by atoms with E-state index in [1.807, 2.05) is 0 Å². The quantitative estimate of drug-likeness (QED) is 0.750. The molecule has 6 nitrogen and oxygen atoms in total. The van der Waals surface area contributed by atoms with Gasteiger partial charge in [-0.1, -0.05) is 23.7 Å². The molecule has 0 saturated carbocycles. The normalized spacial score (nSPS) is 11.4. The standard InChI is InChI=1S/C16H11ClF3N5O/c17-14-6-3-11(8-13(14)16(18,19)20)22-15(26)7-10-1-4-12(5-2-10)25-9-21-23-24-25/h1-6,8-9H,7H2,(H,22,26). The topological polar surface area (TPSA) is 72.7 Å². The molecule has 1 heterocycles. The van der Waals surface area contributed by atoms with E-state index >= 15 is 0 Å². The number of alkyl halides is 3. The zero-order valence-electron chi connectivity index (χ0n) is 13.0. The van der Waals surface area contributed by atoms with Crippen LogP contribution in [0, 0.1) is 0 Å². The van der Waals surface area contributed by atoms with Gasteiger partial charge in [0, 0.05) is 5.69 Å². The number of aromatic nitrogens is 4. The van der Waals surface area contributed by atoms with Crippen LogP contribution in [0.1, 0.15) is 11.1 Å². The summed E-state index contributed by atoms with van der Waals surface area (Å²) in [5.74, 6) is -0.449. The molecule has 0 aliphatic rings. The molecule has 0 unspecified atom stereocenters. The zero-order valence-corrected chi connectivity index (χ0v) is 13.8. The Kier molecular flexibility index (Phi) is 4.90. The molecule has 0 saturated heterocycles. The summed E-state index contributed by atoms with van der Waals surface area (Å²) in [4.78, 5) is 12.1. The molecule has 1 N–H and O–H groups in total. The number of carbonyl (C=O) groups is 1. The van der Waals surface area contributed by atoms with E-state index in [1.54, 1.807) is 24.3 Å². The molecule has 0 radical (unpaired) electrons. The Balaban J connectivity index is 1.68. The van der Waals surface area contributed by atoms with Gasteiger partial charge in [-0.05, 0) is 46.3 Å². The lowest BCUT2D eigenvalue weighted by molar-refractivity contribution is -0.137. The van der Waals surface area contributed by atoms with E-state index in [4.69, 9.17) is 11.6 Å². The molecule has 3 aromatic rings. The van der Waals surface area contributed by atoms with Gasteiger partial charge >= 0.3 is 6.18 Å². The van der Waals surface area contributed by atoms with Gasteiger partial charge < -0.3 is 5.32 Å². The van der Waals surface area contributed by atoms with Gasteiger partial charge in [0.15, 0.2) is 0 Å². The molecule has 0 spiro atoms. The van der Waals surface area contributed by atoms with E-state index in [2.05, 4.69) is 20.8 Å². The van der Waals surface area contributed by atoms with E-state index in [-0.39, 0.29) is 12.1 Å². The second kappa shape index (κ2) is 7.12. The van der Waals surface area contributed by atoms with Crippen LogP contribution in [0.3, 0.4) is 0 Å². The average Bonchev–Trinajstić information content (AvgIpc) is 3.11. The second-order valence-corrected chi connectivity index (χ2v) is 5.75. The molecule has 1 aromatic heterocycles. The number of anilines is 1. The Hall–Kier alpha value is -2.94. The van der Waals surface area contributed by atoms with Crippen molar-refractivity contribution in [3.63, 3.8) is 0 Å². The Morgan fingerprint density at radius 3 is 2.50 bits per heavy atom. The smallest absolute Gasteiger partial charge is 0.326 e. The summed E-state index contributed by atoms with van der Waals surface area (Å²) in [6.45, 7) is 0. The molecule has 0 aliphatic heterocycles. The SMILES string of the molecule is O=C(Cc1ccc(-n2cnnn2)cc1)Nc1ccc(Cl)c(C(F)(F)F)c1. The van der Waals surface area contributed by atoms with E-state index in [9.17, 15) is 18.0 Å². The van der Waals surface area contributed by atoms with Crippen molar-refractivity contribution in [1.82, 2.24) is 20.2 Å². The third kappa shape index (κ3) is 4.17. The van der Waals surface area contributed by atoms with Gasteiger partial charge in [-0.25, -0.2) is 4.68 Å². The average molecular weight is 382 g/mol. The fourth-order valence-corrected chi connectivity index (χ4v) is 2.48. The third-order valence-electron chi connectivity index (χ3n) is 3.47. The van der Waals surface area contributed by atoms with E-state index in [0.29, 0.717) is 11.3 Å². The van der Waals surface area contributed by atoms with Crippen molar-refractivity contribution in [3.8, 4) is 5.69 Å². The molecule has 1 amide bonds. The van der Waals surface area contributed by atoms with Crippen LogP contribution < -0.4 is 5.32 Å². The summed E-state index contributed by atoms with van der Waals surface area (Å²) >= 11 is 5.56. The number of hydrogen-bond acceptors (Lipinski definition) is 4. The highest BCUT2D eigenvalue weighted by Gasteiger charge is 2.33. The lowest BCUT2D eigenvalue weighted by Crippen LogP contribution is -2.15. The molecule has 0 bridgehead atoms. The van der Waals surface area contributed by atoms with Gasteiger partial charge in [-0.2, -0.15) is 13.2 Å². The number of nitrogens with one attached hydrogen (secondary N) is 1. The predicted molar refractivity (Wildman–Crippen MR) is 87.9 cm³/mol. The van der Waals surface area contributed by atoms with E-state index in [0.717, 1.165) is 12.1 Å². The molecule has 0 fully saturated rings. The fraction of sp³-hybridized carbons (Fsp3) is 0.125. The molecule has 0 aliphatic carbocycles. The third-order valence-corrected chi connectivity index (χ3v) is 3.80. The van der Waals surface area contributed by atoms with Crippen LogP contribution in [0.2, 0.25) is 5.02 Å². The van der Waals surface area contributed by atoms with Crippen LogP contribution in [0.25, 0.3) is 5.69 Å². The number of amides is 1. The first-order chi connectivity index (χ1) is 12.3. The van der Waals surface area contributed by atoms with Gasteiger partial charge in [0.25, 0.3) is 0 Å². The Morgan fingerprint density at radius 1 is 1.15 bits per heavy atom. The molecule has 3 rings (SSSR count). The number of carbonyl (C=O) groups excluding carboxylic acids is 1. The van der Waals surface area contributed by atoms with Crippen molar-refractivity contribution in [2.24, 2.45) is 0 Å². The van der Waals surface area contributed by atoms with Gasteiger partial charge in [-0.3, -0.25) is 4.79 Å². The molecule has 134 valence electrons. The lowest BCUT2D eigenvalue weighted by Gasteiger charge is -2.12. The molecule has 2 aromatic carbocycles. The van der Waals surface area contributed by atoms with Crippen molar-refractivity contribution in [1.29, 1.82) is 0 Å². The molecular formula is C16H11ClF3N5O. The molecule has 0 atom stereocenters. The van der Waals surface area contributed by atoms with Crippen LogP contribution in [-0.4, -0.2) is 26.1 Å². The van der Waals surface area contributed by atoms with E-state index in [1.165, 1.54) is 17.1 Å². The fourth-order valence-electron chi connectivity index (χ4n) is 2.26. The molecule has 10 heteroatoms. The summed E-state index contributed by atoms with van der Waals surface area (Å²) < 4.78 is 40.0. The summed E-state index contributed by atoms with van der Waals surface area (Å²) in [5.41, 5.74) is 0.427. The highest BCUT2D eigenvalue weighted by Crippen LogP contribution is 2.36. The first kappa shape index (κ1) is 17.9. The van der Waals surface area contributed by atoms with Crippen molar-refractivity contribution < 1.29 is 18.0 Å². The maximum atomic E-state index is 12.9. The van der Waals surface area contributed by atoms with Gasteiger partial charge in [0.05, 0.1) is 22.7 Å². The number of halogens is 4. The molecule has 26 heavy (non-hydrogen) atoms. The minimum absolute atomic E-state index is 0.000134. The van der Waals surface area contributed by atoms with E-state index < -0.39 is 22.7 Å². The summed E-state index contributed by atoms with van der Waals surface area (Å²) in [5, 5.41) is 12.8. The maximum absolute atomic E-state index is 12.9. The molecular weight excluding hydrogens is 371 g/mol. The summed E-state index contributed by atoms with van der Waals surface area (Å²) in [6, 6.07) is 10.1.